The van der Waals surface area contributed by atoms with Crippen LogP contribution >= 0.6 is 0 Å². The van der Waals surface area contributed by atoms with Crippen molar-refractivity contribution in [3.05, 3.63) is 170 Å². The first-order valence-electron chi connectivity index (χ1n) is 18.0. The van der Waals surface area contributed by atoms with Crippen molar-refractivity contribution in [3.63, 3.8) is 0 Å². The van der Waals surface area contributed by atoms with Gasteiger partial charge in [0.2, 0.25) is 0 Å². The lowest BCUT2D eigenvalue weighted by molar-refractivity contribution is 1.19. The molecule has 4 nitrogen and oxygen atoms in total. The highest BCUT2D eigenvalue weighted by atomic mass is 15.0. The Labute approximate surface area is 296 Å². The van der Waals surface area contributed by atoms with Crippen molar-refractivity contribution in [2.45, 2.75) is 0 Å². The van der Waals surface area contributed by atoms with Gasteiger partial charge >= 0.3 is 0 Å². The van der Waals surface area contributed by atoms with Crippen molar-refractivity contribution in [3.8, 4) is 11.4 Å². The van der Waals surface area contributed by atoms with Crippen molar-refractivity contribution in [1.82, 2.24) is 17.9 Å². The molecule has 13 rings (SSSR count). The Hall–Kier alpha value is -7.04. The third-order valence-electron chi connectivity index (χ3n) is 11.6. The maximum Gasteiger partial charge on any atom is 0.0784 e. The molecule has 0 atom stereocenters. The van der Waals surface area contributed by atoms with Gasteiger partial charge in [0.1, 0.15) is 0 Å². The summed E-state index contributed by atoms with van der Waals surface area (Å²) in [6.45, 7) is 0. The van der Waals surface area contributed by atoms with E-state index >= 15 is 0 Å². The molecule has 0 fully saturated rings. The van der Waals surface area contributed by atoms with Crippen molar-refractivity contribution in [1.29, 1.82) is 0 Å². The molecule has 0 spiro atoms. The quantitative estimate of drug-likeness (QED) is 0.164. The molecule has 13 aromatic rings. The van der Waals surface area contributed by atoms with E-state index < -0.39 is 0 Å². The minimum atomic E-state index is 1.17. The van der Waals surface area contributed by atoms with Gasteiger partial charge in [0, 0.05) is 54.5 Å². The van der Waals surface area contributed by atoms with E-state index in [1.54, 1.807) is 0 Å². The van der Waals surface area contributed by atoms with Crippen LogP contribution in [0.5, 0.6) is 0 Å². The van der Waals surface area contributed by atoms with Crippen LogP contribution in [-0.2, 0) is 0 Å². The predicted octanol–water partition coefficient (Wildman–Crippen LogP) is 12.4. The summed E-state index contributed by atoms with van der Waals surface area (Å²) in [5.74, 6) is 0. The number of hydrogen-bond acceptors (Lipinski definition) is 0. The fourth-order valence-corrected chi connectivity index (χ4v) is 9.73. The van der Waals surface area contributed by atoms with Gasteiger partial charge in [0.05, 0.1) is 55.2 Å². The molecule has 0 saturated carbocycles. The molecule has 8 aromatic carbocycles. The van der Waals surface area contributed by atoms with Gasteiger partial charge in [-0.2, -0.15) is 0 Å². The third-order valence-corrected chi connectivity index (χ3v) is 11.6. The van der Waals surface area contributed by atoms with Gasteiger partial charge < -0.3 is 17.9 Å². The van der Waals surface area contributed by atoms with Gasteiger partial charge in [-0.05, 0) is 60.7 Å². The molecule has 0 radical (unpaired) electrons. The Morgan fingerprint density at radius 1 is 0.231 bits per heavy atom. The van der Waals surface area contributed by atoms with Crippen LogP contribution in [0.25, 0.3) is 110 Å². The highest BCUT2D eigenvalue weighted by Gasteiger charge is 2.26. The average Bonchev–Trinajstić information content (AvgIpc) is 3.93. The number of nitrogens with zero attached hydrogens (tertiary/aromatic N) is 4. The van der Waals surface area contributed by atoms with E-state index in [1.165, 1.54) is 110 Å². The lowest BCUT2D eigenvalue weighted by Gasteiger charge is -2.11. The molecular weight excluding hydrogens is 633 g/mol. The molecule has 0 unspecified atom stereocenters. The molecule has 0 amide bonds. The van der Waals surface area contributed by atoms with E-state index in [0.29, 0.717) is 0 Å². The van der Waals surface area contributed by atoms with Crippen molar-refractivity contribution >= 4 is 98.3 Å². The van der Waals surface area contributed by atoms with Crippen LogP contribution in [0.4, 0.5) is 0 Å². The van der Waals surface area contributed by atoms with Gasteiger partial charge in [-0.25, -0.2) is 0 Å². The van der Waals surface area contributed by atoms with Crippen LogP contribution in [0.15, 0.2) is 170 Å². The highest BCUT2D eigenvalue weighted by molar-refractivity contribution is 6.32. The summed E-state index contributed by atoms with van der Waals surface area (Å²) >= 11 is 0. The minimum Gasteiger partial charge on any atom is -0.309 e. The molecule has 0 bridgehead atoms. The molecule has 0 aliphatic heterocycles. The maximum atomic E-state index is 2.54. The Balaban J connectivity index is 1.28. The lowest BCUT2D eigenvalue weighted by Crippen LogP contribution is -1.96. The molecule has 0 aliphatic carbocycles. The first-order chi connectivity index (χ1) is 25.9. The number of benzene rings is 8. The van der Waals surface area contributed by atoms with Gasteiger partial charge in [-0.1, -0.05) is 109 Å². The van der Waals surface area contributed by atoms with Crippen LogP contribution in [-0.4, -0.2) is 17.9 Å². The summed E-state index contributed by atoms with van der Waals surface area (Å²) in [6.07, 6.45) is 0. The number of fused-ring (bicyclic) bond motifs is 16. The predicted molar refractivity (Wildman–Crippen MR) is 218 cm³/mol. The van der Waals surface area contributed by atoms with Crippen molar-refractivity contribution in [2.75, 3.05) is 0 Å². The summed E-state index contributed by atoms with van der Waals surface area (Å²) in [5.41, 5.74) is 14.7. The molecule has 52 heavy (non-hydrogen) atoms. The van der Waals surface area contributed by atoms with Crippen LogP contribution < -0.4 is 0 Å². The Morgan fingerprint density at radius 3 is 1.08 bits per heavy atom. The minimum absolute atomic E-state index is 1.17. The Morgan fingerprint density at radius 2 is 0.615 bits per heavy atom. The number of hydrogen-bond donors (Lipinski definition) is 0. The zero-order chi connectivity index (χ0) is 33.7. The summed E-state index contributed by atoms with van der Waals surface area (Å²) in [7, 11) is 0. The van der Waals surface area contributed by atoms with Gasteiger partial charge in [-0.15, -0.1) is 0 Å². The van der Waals surface area contributed by atoms with E-state index in [1.807, 2.05) is 0 Å². The second-order valence-electron chi connectivity index (χ2n) is 14.1. The Kier molecular flexibility index (Phi) is 4.83. The fraction of sp³-hybridized carbons (Fsp3) is 0. The average molecular weight is 661 g/mol. The molecular formula is C48H28N4. The fourth-order valence-electron chi connectivity index (χ4n) is 9.73. The van der Waals surface area contributed by atoms with Gasteiger partial charge in [0.15, 0.2) is 0 Å². The molecule has 0 aliphatic rings. The molecule has 0 N–H and O–H groups in total. The monoisotopic (exact) mass is 660 g/mol. The van der Waals surface area contributed by atoms with E-state index in [-0.39, 0.29) is 0 Å². The molecule has 0 saturated heterocycles. The zero-order valence-electron chi connectivity index (χ0n) is 28.0. The molecule has 5 aromatic heterocycles. The standard InChI is InChI=1S/C48H28N4/c1-3-13-29(14-4-1)49-37-21-9-7-17-31(37)33-25-27-39-43(47(33)49)35-19-11-23-41-45(35)51(39)42-24-12-20-36-44-40(52(41)46(36)42)28-26-34-32-18-8-10-22-38(32)50(48(34)44)30-15-5-2-6-16-30/h1-28H. The number of aromatic nitrogens is 4. The van der Waals surface area contributed by atoms with Crippen molar-refractivity contribution in [2.24, 2.45) is 0 Å². The summed E-state index contributed by atoms with van der Waals surface area (Å²) < 4.78 is 10.0. The van der Waals surface area contributed by atoms with Gasteiger partial charge in [-0.3, -0.25) is 0 Å². The van der Waals surface area contributed by atoms with Crippen molar-refractivity contribution < 1.29 is 0 Å². The highest BCUT2D eigenvalue weighted by Crippen LogP contribution is 2.47. The van der Waals surface area contributed by atoms with E-state index in [2.05, 4.69) is 188 Å². The largest absolute Gasteiger partial charge is 0.309 e. The summed E-state index contributed by atoms with van der Waals surface area (Å²) in [4.78, 5) is 0. The summed E-state index contributed by atoms with van der Waals surface area (Å²) in [6, 6.07) is 62.5. The summed E-state index contributed by atoms with van der Waals surface area (Å²) in [5, 5.41) is 10.2. The van der Waals surface area contributed by atoms with E-state index in [0.717, 1.165) is 0 Å². The van der Waals surface area contributed by atoms with Crippen LogP contribution in [0, 0.1) is 0 Å². The molecule has 4 heteroatoms. The molecule has 5 heterocycles. The number of para-hydroxylation sites is 6. The Bertz CT molecular complexity index is 3370. The second-order valence-corrected chi connectivity index (χ2v) is 14.1. The first-order valence-corrected chi connectivity index (χ1v) is 18.0. The van der Waals surface area contributed by atoms with Gasteiger partial charge in [0.25, 0.3) is 0 Å². The van der Waals surface area contributed by atoms with Crippen LogP contribution in [0.1, 0.15) is 0 Å². The van der Waals surface area contributed by atoms with Crippen LogP contribution in [0.2, 0.25) is 0 Å². The third kappa shape index (κ3) is 3.07. The number of rotatable bonds is 2. The van der Waals surface area contributed by atoms with Crippen LogP contribution in [0.3, 0.4) is 0 Å². The lowest BCUT2D eigenvalue weighted by atomic mass is 10.1. The SMILES string of the molecule is c1ccc(-n2c3ccccc3c3ccc4c(c5cccc6c5n4c4cccc5c7c8c(ccc7n6c54)c4ccccc4n8-c4ccccc4)c32)cc1. The van der Waals surface area contributed by atoms with E-state index in [4.69, 9.17) is 0 Å². The second kappa shape index (κ2) is 9.39. The van der Waals surface area contributed by atoms with E-state index in [9.17, 15) is 0 Å². The smallest absolute Gasteiger partial charge is 0.0784 e. The topological polar surface area (TPSA) is 18.7 Å². The zero-order valence-corrected chi connectivity index (χ0v) is 28.0. The maximum absolute atomic E-state index is 2.54. The molecule has 240 valence electrons. The first kappa shape index (κ1) is 26.8. The normalized spacial score (nSPS) is 12.6.